The summed E-state index contributed by atoms with van der Waals surface area (Å²) in [6.07, 6.45) is 2.96. The van der Waals surface area contributed by atoms with Gasteiger partial charge in [-0.1, -0.05) is 25.1 Å². The first-order valence-electron chi connectivity index (χ1n) is 16.2. The van der Waals surface area contributed by atoms with E-state index in [1.165, 1.54) is 17.0 Å². The summed E-state index contributed by atoms with van der Waals surface area (Å²) >= 11 is 0. The zero-order chi connectivity index (χ0) is 33.5. The molecule has 47 heavy (non-hydrogen) atoms. The Balaban J connectivity index is 1.19. The van der Waals surface area contributed by atoms with E-state index in [0.717, 1.165) is 30.7 Å². The standard InChI is InChI=1S/C35H42F3N7O2/c1-23-16-34(17-23,33-41-40-22-43(33)4)26-7-5-8-27(15-26)45-21-29-28(32(45)47)13-25(14-30(29)35(36,37)38)20-44-12-10-24(19-44)18-39-31(46)9-6-11-42(2)3/h5-9,13-15,22-24H,10-12,16-21H2,1-4H3,(H,39,46)/b9-6+/t23?,24-,34?/m1/s1. The van der Waals surface area contributed by atoms with Crippen LogP contribution < -0.4 is 10.2 Å². The van der Waals surface area contributed by atoms with Gasteiger partial charge in [0.25, 0.3) is 5.91 Å². The molecule has 1 atom stereocenters. The van der Waals surface area contributed by atoms with Crippen molar-refractivity contribution in [1.82, 2.24) is 29.9 Å². The molecule has 2 aromatic carbocycles. The Hall–Kier alpha value is -4.03. The molecule has 2 aliphatic heterocycles. The van der Waals surface area contributed by atoms with Gasteiger partial charge in [-0.2, -0.15) is 13.2 Å². The van der Waals surface area contributed by atoms with E-state index in [4.69, 9.17) is 0 Å². The summed E-state index contributed by atoms with van der Waals surface area (Å²) in [6.45, 7) is 4.86. The van der Waals surface area contributed by atoms with Crippen LogP contribution >= 0.6 is 0 Å². The Morgan fingerprint density at radius 2 is 1.98 bits per heavy atom. The zero-order valence-electron chi connectivity index (χ0n) is 27.3. The average Bonchev–Trinajstić information content (AvgIpc) is 3.72. The monoisotopic (exact) mass is 649 g/mol. The molecule has 1 N–H and O–H groups in total. The van der Waals surface area contributed by atoms with Crippen molar-refractivity contribution in [2.45, 2.75) is 50.9 Å². The molecule has 1 saturated carbocycles. The maximum absolute atomic E-state index is 14.5. The first-order valence-corrected chi connectivity index (χ1v) is 16.2. The Bertz CT molecular complexity index is 1680. The van der Waals surface area contributed by atoms with Gasteiger partial charge in [-0.15, -0.1) is 10.2 Å². The first kappa shape index (κ1) is 32.9. The van der Waals surface area contributed by atoms with E-state index in [-0.39, 0.29) is 34.9 Å². The van der Waals surface area contributed by atoms with Gasteiger partial charge in [0.15, 0.2) is 0 Å². The number of carbonyl (C=O) groups excluding carboxylic acids is 2. The molecule has 9 nitrogen and oxygen atoms in total. The Morgan fingerprint density at radius 1 is 1.19 bits per heavy atom. The van der Waals surface area contributed by atoms with Crippen LogP contribution in [0.2, 0.25) is 0 Å². The van der Waals surface area contributed by atoms with Crippen LogP contribution in [-0.2, 0) is 36.5 Å². The summed E-state index contributed by atoms with van der Waals surface area (Å²) in [5.41, 5.74) is 1.01. The van der Waals surface area contributed by atoms with Gasteiger partial charge < -0.3 is 19.7 Å². The molecule has 0 spiro atoms. The molecule has 6 rings (SSSR count). The maximum atomic E-state index is 14.5. The number of aryl methyl sites for hydroxylation is 1. The van der Waals surface area contributed by atoms with E-state index < -0.39 is 17.6 Å². The predicted molar refractivity (Wildman–Crippen MR) is 173 cm³/mol. The second-order valence-electron chi connectivity index (χ2n) is 13.8. The quantitative estimate of drug-likeness (QED) is 0.319. The zero-order valence-corrected chi connectivity index (χ0v) is 27.3. The summed E-state index contributed by atoms with van der Waals surface area (Å²) in [6, 6.07) is 10.4. The smallest absolute Gasteiger partial charge is 0.352 e. The summed E-state index contributed by atoms with van der Waals surface area (Å²) < 4.78 is 45.3. The highest BCUT2D eigenvalue weighted by Crippen LogP contribution is 2.52. The molecule has 0 radical (unpaired) electrons. The van der Waals surface area contributed by atoms with Crippen molar-refractivity contribution in [3.8, 4) is 0 Å². The first-order chi connectivity index (χ1) is 22.3. The molecule has 2 fully saturated rings. The number of hydrogen-bond acceptors (Lipinski definition) is 6. The molecular formula is C35H42F3N7O2. The van der Waals surface area contributed by atoms with Crippen LogP contribution in [0.3, 0.4) is 0 Å². The molecule has 1 saturated heterocycles. The van der Waals surface area contributed by atoms with Crippen molar-refractivity contribution in [2.24, 2.45) is 18.9 Å². The van der Waals surface area contributed by atoms with E-state index >= 15 is 0 Å². The second kappa shape index (κ2) is 12.9. The van der Waals surface area contributed by atoms with Crippen molar-refractivity contribution >= 4 is 17.5 Å². The molecule has 3 heterocycles. The van der Waals surface area contributed by atoms with Gasteiger partial charge in [-0.05, 0) is 92.7 Å². The maximum Gasteiger partial charge on any atom is 0.416 e. The number of anilines is 1. The number of halogens is 3. The van der Waals surface area contributed by atoms with E-state index in [0.29, 0.717) is 49.9 Å². The SMILES string of the molecule is CC1CC(c2cccc(N3Cc4c(cc(CN5CC[C@H](CNC(=O)/C=C/CN(C)C)C5)cc4C(F)(F)F)C3=O)c2)(c2nncn2C)C1. The number of fused-ring (bicyclic) bond motifs is 1. The Morgan fingerprint density at radius 3 is 2.66 bits per heavy atom. The Kier molecular flexibility index (Phi) is 9.01. The van der Waals surface area contributed by atoms with Crippen molar-refractivity contribution in [3.05, 3.63) is 88.5 Å². The third-order valence-electron chi connectivity index (χ3n) is 9.73. The van der Waals surface area contributed by atoms with E-state index in [1.54, 1.807) is 24.5 Å². The van der Waals surface area contributed by atoms with E-state index in [1.807, 2.05) is 48.8 Å². The number of aromatic nitrogens is 3. The molecule has 0 bridgehead atoms. The minimum absolute atomic E-state index is 0.0151. The topological polar surface area (TPSA) is 86.6 Å². The molecule has 1 aromatic heterocycles. The number of alkyl halides is 3. The van der Waals surface area contributed by atoms with Crippen LogP contribution in [0.5, 0.6) is 0 Å². The van der Waals surface area contributed by atoms with Crippen LogP contribution in [0.1, 0.15) is 64.6 Å². The second-order valence-corrected chi connectivity index (χ2v) is 13.8. The number of likely N-dealkylation sites (tertiary alicyclic amines) is 1. The lowest BCUT2D eigenvalue weighted by atomic mass is 9.58. The van der Waals surface area contributed by atoms with Crippen LogP contribution in [-0.4, -0.2) is 76.7 Å². The van der Waals surface area contributed by atoms with Gasteiger partial charge in [0, 0.05) is 50.6 Å². The van der Waals surface area contributed by atoms with Crippen LogP contribution in [0.4, 0.5) is 18.9 Å². The van der Waals surface area contributed by atoms with E-state index in [9.17, 15) is 22.8 Å². The fourth-order valence-corrected chi connectivity index (χ4v) is 7.54. The third-order valence-corrected chi connectivity index (χ3v) is 9.73. The lowest BCUT2D eigenvalue weighted by molar-refractivity contribution is -0.138. The van der Waals surface area contributed by atoms with Gasteiger partial charge in [0.1, 0.15) is 12.2 Å². The normalized spacial score (nSPS) is 23.1. The highest BCUT2D eigenvalue weighted by molar-refractivity contribution is 6.10. The lowest BCUT2D eigenvalue weighted by Gasteiger charge is -2.46. The van der Waals surface area contributed by atoms with Crippen molar-refractivity contribution in [1.29, 1.82) is 0 Å². The number of hydrogen-bond donors (Lipinski definition) is 1. The fourth-order valence-electron chi connectivity index (χ4n) is 7.54. The summed E-state index contributed by atoms with van der Waals surface area (Å²) in [4.78, 5) is 31.5. The molecule has 3 aromatic rings. The largest absolute Gasteiger partial charge is 0.416 e. The third kappa shape index (κ3) is 6.71. The highest BCUT2D eigenvalue weighted by atomic mass is 19.4. The molecule has 0 unspecified atom stereocenters. The van der Waals surface area contributed by atoms with Gasteiger partial charge >= 0.3 is 6.18 Å². The minimum atomic E-state index is -4.60. The molecule has 12 heteroatoms. The molecule has 3 aliphatic rings. The van der Waals surface area contributed by atoms with E-state index in [2.05, 4.69) is 27.3 Å². The Labute approximate surface area is 273 Å². The predicted octanol–water partition coefficient (Wildman–Crippen LogP) is 4.77. The number of nitrogens with zero attached hydrogens (tertiary/aromatic N) is 6. The molecule has 1 aliphatic carbocycles. The summed E-state index contributed by atoms with van der Waals surface area (Å²) in [5.74, 6) is 0.948. The van der Waals surface area contributed by atoms with Crippen LogP contribution in [0.15, 0.2) is 54.9 Å². The number of likely N-dealkylation sites (N-methyl/N-ethyl adjacent to an activating group) is 1. The fraction of sp³-hybridized carbons (Fsp3) is 0.486. The van der Waals surface area contributed by atoms with Crippen molar-refractivity contribution < 1.29 is 22.8 Å². The summed E-state index contributed by atoms with van der Waals surface area (Å²) in [5, 5.41) is 11.4. The number of rotatable bonds is 10. The number of carbonyl (C=O) groups is 2. The minimum Gasteiger partial charge on any atom is -0.352 e. The highest BCUT2D eigenvalue weighted by Gasteiger charge is 2.48. The van der Waals surface area contributed by atoms with Crippen LogP contribution in [0, 0.1) is 11.8 Å². The average molecular weight is 650 g/mol. The van der Waals surface area contributed by atoms with Crippen molar-refractivity contribution in [3.63, 3.8) is 0 Å². The van der Waals surface area contributed by atoms with Gasteiger partial charge in [-0.3, -0.25) is 14.5 Å². The molecular weight excluding hydrogens is 607 g/mol. The van der Waals surface area contributed by atoms with Gasteiger partial charge in [-0.25, -0.2) is 0 Å². The van der Waals surface area contributed by atoms with Gasteiger partial charge in [0.2, 0.25) is 5.91 Å². The number of benzene rings is 2. The van der Waals surface area contributed by atoms with Crippen LogP contribution in [0.25, 0.3) is 0 Å². The lowest BCUT2D eigenvalue weighted by Crippen LogP contribution is -2.43. The summed E-state index contributed by atoms with van der Waals surface area (Å²) in [7, 11) is 5.76. The number of nitrogens with one attached hydrogen (secondary N) is 1. The number of amides is 2. The van der Waals surface area contributed by atoms with Gasteiger partial charge in [0.05, 0.1) is 17.5 Å². The molecule has 250 valence electrons. The van der Waals surface area contributed by atoms with Crippen molar-refractivity contribution in [2.75, 3.05) is 45.2 Å². The molecule has 2 amide bonds.